The van der Waals surface area contributed by atoms with Crippen LogP contribution in [-0.2, 0) is 4.43 Å². The molecule has 0 bridgehead atoms. The van der Waals surface area contributed by atoms with Gasteiger partial charge in [0.15, 0.2) is 8.32 Å². The first kappa shape index (κ1) is 21.2. The fraction of sp³-hybridized carbons (Fsp3) is 0.667. The topological polar surface area (TPSA) is 15.7 Å². The lowest BCUT2D eigenvalue weighted by Crippen LogP contribution is -2.47. The lowest BCUT2D eigenvalue weighted by molar-refractivity contribution is 0.197. The van der Waals surface area contributed by atoms with Gasteiger partial charge in [-0.25, -0.2) is 4.39 Å². The van der Waals surface area contributed by atoms with Crippen LogP contribution in [0.25, 0.3) is 0 Å². The second kappa shape index (κ2) is 9.18. The van der Waals surface area contributed by atoms with Crippen LogP contribution in [0.4, 0.5) is 10.1 Å². The van der Waals surface area contributed by atoms with Gasteiger partial charge in [0.25, 0.3) is 0 Å². The quantitative estimate of drug-likeness (QED) is 0.509. The lowest BCUT2D eigenvalue weighted by atomic mass is 10.1. The normalized spacial score (nSPS) is 17.8. The minimum atomic E-state index is -1.43. The Labute approximate surface area is 165 Å². The summed E-state index contributed by atoms with van der Waals surface area (Å²) in [6, 6.07) is 3.91. The van der Waals surface area contributed by atoms with Crippen LogP contribution in [0.1, 0.15) is 25.1 Å². The molecule has 1 heterocycles. The van der Waals surface area contributed by atoms with Crippen molar-refractivity contribution in [2.75, 3.05) is 44.2 Å². The van der Waals surface area contributed by atoms with Crippen LogP contribution in [0, 0.1) is 0 Å². The van der Waals surface area contributed by atoms with E-state index in [2.05, 4.69) is 45.4 Å². The third-order valence-corrected chi connectivity index (χ3v) is 6.76. The Balaban J connectivity index is 1.95. The van der Waals surface area contributed by atoms with E-state index in [1.807, 2.05) is 19.1 Å². The van der Waals surface area contributed by atoms with Crippen molar-refractivity contribution < 1.29 is 8.82 Å². The minimum absolute atomic E-state index is 0.431. The van der Waals surface area contributed by atoms with E-state index in [-0.39, 0.29) is 0 Å². The number of nitrogens with zero attached hydrogens (tertiary/aromatic N) is 2. The minimum Gasteiger partial charge on any atom is -0.416 e. The smallest absolute Gasteiger partial charge is 0.183 e. The van der Waals surface area contributed by atoms with Gasteiger partial charge < -0.3 is 9.33 Å². The number of anilines is 1. The molecule has 1 saturated heterocycles. The van der Waals surface area contributed by atoms with E-state index in [1.54, 1.807) is 0 Å². The maximum absolute atomic E-state index is 14.2. The van der Waals surface area contributed by atoms with Crippen LogP contribution in [0.2, 0.25) is 24.7 Å². The first-order valence-corrected chi connectivity index (χ1v) is 13.5. The fourth-order valence-corrected chi connectivity index (χ4v) is 4.33. The van der Waals surface area contributed by atoms with Crippen LogP contribution in [-0.4, -0.2) is 52.5 Å². The highest BCUT2D eigenvalue weighted by atomic mass is 79.9. The predicted octanol–water partition coefficient (Wildman–Crippen LogP) is 5.50. The molecule has 1 aliphatic heterocycles. The summed E-state index contributed by atoms with van der Waals surface area (Å²) in [5, 5.41) is 0.486. The molecule has 0 aromatic heterocycles. The second-order valence-corrected chi connectivity index (χ2v) is 13.2. The van der Waals surface area contributed by atoms with Crippen LogP contribution in [0.15, 0.2) is 16.6 Å². The summed E-state index contributed by atoms with van der Waals surface area (Å²) >= 11 is 9.75. The molecule has 7 heteroatoms. The first-order chi connectivity index (χ1) is 11.7. The van der Waals surface area contributed by atoms with Gasteiger partial charge in [-0.05, 0) is 54.1 Å². The van der Waals surface area contributed by atoms with Gasteiger partial charge in [0.05, 0.1) is 5.02 Å². The molecule has 1 fully saturated rings. The van der Waals surface area contributed by atoms with Crippen LogP contribution < -0.4 is 4.90 Å². The Kier molecular flexibility index (Phi) is 7.77. The molecule has 25 heavy (non-hydrogen) atoms. The van der Waals surface area contributed by atoms with Crippen molar-refractivity contribution in [2.24, 2.45) is 0 Å². The summed E-state index contributed by atoms with van der Waals surface area (Å²) in [5.41, 5.74) is 1.62. The average Bonchev–Trinajstić information content (AvgIpc) is 2.56. The van der Waals surface area contributed by atoms with Gasteiger partial charge in [0.2, 0.25) is 0 Å². The van der Waals surface area contributed by atoms with Gasteiger partial charge in [0.1, 0.15) is 6.17 Å². The standard InChI is InChI=1S/C18H29BrClFN2OSi/c1-5-17(21)15-12-14(13-16(19)18(15)20)23-8-6-22(7-9-23)10-11-24-25(2,3)4/h12-13,17H,5-11H2,1-4H3. The summed E-state index contributed by atoms with van der Waals surface area (Å²) in [4.78, 5) is 4.75. The molecule has 0 radical (unpaired) electrons. The molecule has 0 N–H and O–H groups in total. The van der Waals surface area contributed by atoms with Crippen molar-refractivity contribution in [1.29, 1.82) is 0 Å². The SMILES string of the molecule is CCC(F)c1cc(N2CCN(CCO[Si](C)(C)C)CC2)cc(Br)c1Cl. The van der Waals surface area contributed by atoms with E-state index in [0.717, 1.165) is 49.5 Å². The molecular formula is C18H29BrClFN2OSi. The maximum atomic E-state index is 14.2. The van der Waals surface area contributed by atoms with Crippen LogP contribution in [0.5, 0.6) is 0 Å². The molecule has 142 valence electrons. The van der Waals surface area contributed by atoms with Crippen molar-refractivity contribution in [3.8, 4) is 0 Å². The largest absolute Gasteiger partial charge is 0.416 e. The number of rotatable bonds is 7. The molecule has 0 saturated carbocycles. The van der Waals surface area contributed by atoms with Gasteiger partial charge in [-0.2, -0.15) is 0 Å². The summed E-state index contributed by atoms with van der Waals surface area (Å²) in [6.45, 7) is 14.1. The van der Waals surface area contributed by atoms with E-state index in [0.29, 0.717) is 17.0 Å². The number of alkyl halides is 1. The van der Waals surface area contributed by atoms with E-state index >= 15 is 0 Å². The summed E-state index contributed by atoms with van der Waals surface area (Å²) < 4.78 is 20.9. The fourth-order valence-electron chi connectivity index (χ4n) is 2.94. The molecular weight excluding hydrogens is 423 g/mol. The van der Waals surface area contributed by atoms with E-state index < -0.39 is 14.5 Å². The molecule has 1 aromatic carbocycles. The molecule has 1 aliphatic rings. The monoisotopic (exact) mass is 450 g/mol. The Morgan fingerprint density at radius 2 is 1.88 bits per heavy atom. The van der Waals surface area contributed by atoms with Gasteiger partial charge in [-0.15, -0.1) is 0 Å². The van der Waals surface area contributed by atoms with Gasteiger partial charge in [-0.3, -0.25) is 4.90 Å². The highest BCUT2D eigenvalue weighted by Crippen LogP contribution is 2.37. The van der Waals surface area contributed by atoms with Gasteiger partial charge in [-0.1, -0.05) is 18.5 Å². The predicted molar refractivity (Wildman–Crippen MR) is 111 cm³/mol. The second-order valence-electron chi connectivity index (χ2n) is 7.50. The van der Waals surface area contributed by atoms with E-state index in [1.165, 1.54) is 0 Å². The van der Waals surface area contributed by atoms with Crippen molar-refractivity contribution >= 4 is 41.5 Å². The van der Waals surface area contributed by atoms with E-state index in [9.17, 15) is 4.39 Å². The summed E-state index contributed by atoms with van der Waals surface area (Å²) in [7, 11) is -1.43. The average molecular weight is 452 g/mol. The van der Waals surface area contributed by atoms with Crippen LogP contribution in [0.3, 0.4) is 0 Å². The molecule has 1 aromatic rings. The zero-order valence-electron chi connectivity index (χ0n) is 15.6. The third kappa shape index (κ3) is 6.21. The highest BCUT2D eigenvalue weighted by molar-refractivity contribution is 9.10. The Hall–Kier alpha value is -0.143. The van der Waals surface area contributed by atoms with Crippen molar-refractivity contribution in [1.82, 2.24) is 4.90 Å². The zero-order chi connectivity index (χ0) is 18.6. The molecule has 1 unspecified atom stereocenters. The number of hydrogen-bond acceptors (Lipinski definition) is 3. The molecule has 0 amide bonds. The Morgan fingerprint density at radius 1 is 1.24 bits per heavy atom. The Bertz CT molecular complexity index is 577. The zero-order valence-corrected chi connectivity index (χ0v) is 19.0. The number of benzene rings is 1. The van der Waals surface area contributed by atoms with Crippen molar-refractivity contribution in [3.05, 3.63) is 27.2 Å². The van der Waals surface area contributed by atoms with Crippen molar-refractivity contribution in [3.63, 3.8) is 0 Å². The van der Waals surface area contributed by atoms with Gasteiger partial charge >= 0.3 is 0 Å². The van der Waals surface area contributed by atoms with Gasteiger partial charge in [0, 0.05) is 55.1 Å². The number of hydrogen-bond donors (Lipinski definition) is 0. The first-order valence-electron chi connectivity index (χ1n) is 8.95. The number of halogens is 3. The maximum Gasteiger partial charge on any atom is 0.183 e. The summed E-state index contributed by atoms with van der Waals surface area (Å²) in [5.74, 6) is 0. The molecule has 1 atom stereocenters. The highest BCUT2D eigenvalue weighted by Gasteiger charge is 2.22. The molecule has 0 aliphatic carbocycles. The molecule has 3 nitrogen and oxygen atoms in total. The number of piperazine rings is 1. The Morgan fingerprint density at radius 3 is 2.44 bits per heavy atom. The van der Waals surface area contributed by atoms with Crippen molar-refractivity contribution in [2.45, 2.75) is 39.2 Å². The summed E-state index contributed by atoms with van der Waals surface area (Å²) in [6.07, 6.45) is -0.593. The molecule has 2 rings (SSSR count). The lowest BCUT2D eigenvalue weighted by Gasteiger charge is -2.36. The van der Waals surface area contributed by atoms with E-state index in [4.69, 9.17) is 16.0 Å². The third-order valence-electron chi connectivity index (χ3n) is 4.42. The molecule has 0 spiro atoms. The van der Waals surface area contributed by atoms with Crippen LogP contribution >= 0.6 is 27.5 Å².